The summed E-state index contributed by atoms with van der Waals surface area (Å²) in [6.07, 6.45) is -4.86. The maximum absolute atomic E-state index is 15.1. The summed E-state index contributed by atoms with van der Waals surface area (Å²) in [5.41, 5.74) is -1.77. The number of hydrogen-bond acceptors (Lipinski definition) is 6. The van der Waals surface area contributed by atoms with Gasteiger partial charge in [-0.05, 0) is 36.4 Å². The Morgan fingerprint density at radius 3 is 2.43 bits per heavy atom. The second kappa shape index (κ2) is 7.76. The number of hydrogen-bond donors (Lipinski definition) is 1. The van der Waals surface area contributed by atoms with Gasteiger partial charge < -0.3 is 10.1 Å². The molecule has 0 saturated heterocycles. The first-order valence-corrected chi connectivity index (χ1v) is 12.2. The van der Waals surface area contributed by atoms with Crippen LogP contribution in [0.5, 0.6) is 5.75 Å². The summed E-state index contributed by atoms with van der Waals surface area (Å²) in [5, 5.41) is 2.91. The zero-order chi connectivity index (χ0) is 24.4. The maximum Gasteiger partial charge on any atom is 0.435 e. The molecule has 0 fully saturated rings. The highest BCUT2D eigenvalue weighted by Gasteiger charge is 2.66. The summed E-state index contributed by atoms with van der Waals surface area (Å²) in [4.78, 5) is 20.0. The number of methoxy groups -OCH3 is 1. The Bertz CT molecular complexity index is 1480. The van der Waals surface area contributed by atoms with E-state index < -0.39 is 17.7 Å². The van der Waals surface area contributed by atoms with Crippen molar-refractivity contribution in [2.24, 2.45) is 0 Å². The van der Waals surface area contributed by atoms with Crippen molar-refractivity contribution in [3.05, 3.63) is 88.4 Å². The molecule has 2 aliphatic heterocycles. The lowest BCUT2D eigenvalue weighted by molar-refractivity contribution is -0.201. The minimum Gasteiger partial charge on any atom is -0.497 e. The van der Waals surface area contributed by atoms with Crippen molar-refractivity contribution in [1.82, 2.24) is 10.3 Å². The van der Waals surface area contributed by atoms with E-state index in [1.165, 1.54) is 47.6 Å². The quantitative estimate of drug-likeness (QED) is 0.359. The van der Waals surface area contributed by atoms with Crippen LogP contribution in [0.2, 0.25) is 0 Å². The number of carbonyl (C=O) groups excluding carboxylic acids is 1. The van der Waals surface area contributed by atoms with Crippen LogP contribution in [0.4, 0.5) is 18.9 Å². The molecule has 1 N–H and O–H groups in total. The van der Waals surface area contributed by atoms with Gasteiger partial charge in [0.1, 0.15) is 16.3 Å². The second-order valence-corrected chi connectivity index (χ2v) is 10.0. The number of nitrogens with zero attached hydrogens (tertiary/aromatic N) is 2. The van der Waals surface area contributed by atoms with Crippen molar-refractivity contribution < 1.29 is 22.7 Å². The van der Waals surface area contributed by atoms with Crippen LogP contribution in [-0.4, -0.2) is 24.2 Å². The summed E-state index contributed by atoms with van der Waals surface area (Å²) in [7, 11) is 1.44. The Balaban J connectivity index is 1.65. The van der Waals surface area contributed by atoms with Crippen LogP contribution < -0.4 is 15.0 Å². The summed E-state index contributed by atoms with van der Waals surface area (Å²) in [6, 6.07) is 19.8. The number of anilines is 1. The molecule has 0 radical (unpaired) electrons. The average molecular weight is 512 g/mol. The average Bonchev–Trinajstić information content (AvgIpc) is 3.44. The van der Waals surface area contributed by atoms with Gasteiger partial charge in [0, 0.05) is 10.5 Å². The van der Waals surface area contributed by atoms with Gasteiger partial charge in [-0.1, -0.05) is 48.2 Å². The van der Waals surface area contributed by atoms with Crippen molar-refractivity contribution in [1.29, 1.82) is 0 Å². The SMILES string of the molecule is COc1ccc([C@@]2(C(F)(F)F)NC(=O)C(c3nc4ccccc4s3)=C3Sc4ccccc4N32)cc1. The van der Waals surface area contributed by atoms with Gasteiger partial charge in [0.25, 0.3) is 5.91 Å². The Labute approximate surface area is 206 Å². The Kier molecular flexibility index (Phi) is 4.87. The number of amides is 1. The molecule has 0 spiro atoms. The third kappa shape index (κ3) is 3.16. The Morgan fingerprint density at radius 1 is 1.00 bits per heavy atom. The number of halogens is 3. The molecule has 2 aliphatic rings. The van der Waals surface area contributed by atoms with Crippen molar-refractivity contribution in [3.8, 4) is 5.75 Å². The highest BCUT2D eigenvalue weighted by molar-refractivity contribution is 8.04. The lowest BCUT2D eigenvalue weighted by Gasteiger charge is -2.47. The summed E-state index contributed by atoms with van der Waals surface area (Å²) >= 11 is 2.42. The molecule has 176 valence electrons. The fourth-order valence-electron chi connectivity index (χ4n) is 4.43. The van der Waals surface area contributed by atoms with Crippen LogP contribution in [0.3, 0.4) is 0 Å². The summed E-state index contributed by atoms with van der Waals surface area (Å²) < 4.78 is 51.4. The summed E-state index contributed by atoms with van der Waals surface area (Å²) in [6.45, 7) is 0. The Hall–Kier alpha value is -3.50. The molecule has 4 aromatic rings. The van der Waals surface area contributed by atoms with Crippen LogP contribution in [0.25, 0.3) is 15.8 Å². The van der Waals surface area contributed by atoms with E-state index in [0.29, 0.717) is 26.9 Å². The van der Waals surface area contributed by atoms with Gasteiger partial charge >= 0.3 is 6.18 Å². The van der Waals surface area contributed by atoms with Crippen molar-refractivity contribution in [3.63, 3.8) is 0 Å². The van der Waals surface area contributed by atoms with Crippen LogP contribution in [-0.2, 0) is 10.5 Å². The van der Waals surface area contributed by atoms with Gasteiger partial charge in [-0.3, -0.25) is 9.69 Å². The number of alkyl halides is 3. The standard InChI is InChI=1S/C25H16F3N3O2S2/c1-33-15-12-10-14(11-13-15)24(25(26,27)28)30-21(32)20(22-29-16-6-2-4-8-18(16)34-22)23-31(24)17-7-3-5-9-19(17)35-23/h2-13H,1H3,(H,30,32)/t24-/m1/s1. The van der Waals surface area contributed by atoms with E-state index in [1.807, 2.05) is 24.3 Å². The van der Waals surface area contributed by atoms with Gasteiger partial charge in [-0.25, -0.2) is 4.98 Å². The predicted molar refractivity (Wildman–Crippen MR) is 130 cm³/mol. The van der Waals surface area contributed by atoms with E-state index in [1.54, 1.807) is 24.3 Å². The molecule has 3 aromatic carbocycles. The molecular weight excluding hydrogens is 495 g/mol. The van der Waals surface area contributed by atoms with E-state index in [2.05, 4.69) is 10.3 Å². The fraction of sp³-hybridized carbons (Fsp3) is 0.120. The topological polar surface area (TPSA) is 54.5 Å². The van der Waals surface area contributed by atoms with E-state index in [0.717, 1.165) is 16.5 Å². The highest BCUT2D eigenvalue weighted by Crippen LogP contribution is 2.59. The van der Waals surface area contributed by atoms with Crippen LogP contribution in [0.15, 0.2) is 82.7 Å². The highest BCUT2D eigenvalue weighted by atomic mass is 32.2. The van der Waals surface area contributed by atoms with Gasteiger partial charge in [0.05, 0.1) is 28.0 Å². The van der Waals surface area contributed by atoms with Gasteiger partial charge in [-0.15, -0.1) is 11.3 Å². The van der Waals surface area contributed by atoms with Crippen molar-refractivity contribution in [2.45, 2.75) is 16.7 Å². The molecule has 0 saturated carbocycles. The van der Waals surface area contributed by atoms with Crippen molar-refractivity contribution >= 4 is 50.5 Å². The number of rotatable bonds is 3. The number of benzene rings is 3. The molecule has 10 heteroatoms. The van der Waals surface area contributed by atoms with Gasteiger partial charge in [0.2, 0.25) is 5.66 Å². The normalized spacial score (nSPS) is 19.5. The zero-order valence-electron chi connectivity index (χ0n) is 18.1. The third-order valence-electron chi connectivity index (χ3n) is 6.01. The first-order chi connectivity index (χ1) is 16.8. The molecule has 1 aromatic heterocycles. The number of ether oxygens (including phenoxy) is 1. The number of carbonyl (C=O) groups is 1. The van der Waals surface area contributed by atoms with Gasteiger partial charge in [0.15, 0.2) is 0 Å². The van der Waals surface area contributed by atoms with Crippen LogP contribution in [0.1, 0.15) is 10.6 Å². The lowest BCUT2D eigenvalue weighted by atomic mass is 9.92. The molecular formula is C25H16F3N3O2S2. The van der Waals surface area contributed by atoms with Crippen molar-refractivity contribution in [2.75, 3.05) is 12.0 Å². The number of fused-ring (bicyclic) bond motifs is 4. The smallest absolute Gasteiger partial charge is 0.435 e. The minimum atomic E-state index is -4.86. The molecule has 35 heavy (non-hydrogen) atoms. The number of para-hydroxylation sites is 2. The van der Waals surface area contributed by atoms with E-state index in [-0.39, 0.29) is 16.2 Å². The fourth-order valence-corrected chi connectivity index (χ4v) is 6.74. The minimum absolute atomic E-state index is 0.126. The van der Waals surface area contributed by atoms with Crippen LogP contribution in [0, 0.1) is 0 Å². The number of nitrogens with one attached hydrogen (secondary N) is 1. The molecule has 1 atom stereocenters. The monoisotopic (exact) mass is 511 g/mol. The zero-order valence-corrected chi connectivity index (χ0v) is 19.7. The molecule has 5 nitrogen and oxygen atoms in total. The molecule has 0 aliphatic carbocycles. The molecule has 3 heterocycles. The molecule has 0 unspecified atom stereocenters. The summed E-state index contributed by atoms with van der Waals surface area (Å²) in [5.74, 6) is -0.418. The molecule has 6 rings (SSSR count). The third-order valence-corrected chi connectivity index (χ3v) is 8.21. The number of aromatic nitrogens is 1. The Morgan fingerprint density at radius 2 is 1.71 bits per heavy atom. The second-order valence-electron chi connectivity index (χ2n) is 7.96. The number of thiazole rings is 1. The van der Waals surface area contributed by atoms with E-state index in [4.69, 9.17) is 4.74 Å². The lowest BCUT2D eigenvalue weighted by Crippen LogP contribution is -2.68. The predicted octanol–water partition coefficient (Wildman–Crippen LogP) is 6.13. The molecule has 1 amide bonds. The van der Waals surface area contributed by atoms with E-state index in [9.17, 15) is 4.79 Å². The number of thioether (sulfide) groups is 1. The van der Waals surface area contributed by atoms with Gasteiger partial charge in [-0.2, -0.15) is 13.2 Å². The maximum atomic E-state index is 15.1. The van der Waals surface area contributed by atoms with E-state index >= 15 is 13.2 Å². The first-order valence-electron chi connectivity index (χ1n) is 10.5. The molecule has 0 bridgehead atoms. The largest absolute Gasteiger partial charge is 0.497 e. The van der Waals surface area contributed by atoms with Crippen LogP contribution >= 0.6 is 23.1 Å². The first kappa shape index (κ1) is 22.0.